The lowest BCUT2D eigenvalue weighted by atomic mass is 10.1. The lowest BCUT2D eigenvalue weighted by Crippen LogP contribution is -2.38. The Morgan fingerprint density at radius 3 is 2.88 bits per heavy atom. The number of hydrogen-bond acceptors (Lipinski definition) is 4. The summed E-state index contributed by atoms with van der Waals surface area (Å²) in [6.45, 7) is 3.98. The molecule has 96 valence electrons. The topological polar surface area (TPSA) is 25.4 Å². The third-order valence-electron chi connectivity index (χ3n) is 3.44. The summed E-state index contributed by atoms with van der Waals surface area (Å²) in [6.07, 6.45) is 2.24. The summed E-state index contributed by atoms with van der Waals surface area (Å²) in [5, 5.41) is 3.21. The van der Waals surface area contributed by atoms with Crippen molar-refractivity contribution in [2.45, 2.75) is 37.7 Å². The number of halogens is 1. The second-order valence-corrected chi connectivity index (χ2v) is 5.65. The molecule has 0 N–H and O–H groups in total. The van der Waals surface area contributed by atoms with E-state index in [-0.39, 0.29) is 0 Å². The Bertz CT molecular complexity index is 352. The quantitative estimate of drug-likeness (QED) is 0.789. The van der Waals surface area contributed by atoms with Crippen molar-refractivity contribution in [2.24, 2.45) is 0 Å². The van der Waals surface area contributed by atoms with Gasteiger partial charge in [-0.3, -0.25) is 4.90 Å². The molecular formula is C12H19ClN2OS. The molecule has 1 fully saturated rings. The molecule has 5 heteroatoms. The average molecular weight is 275 g/mol. The maximum Gasteiger partial charge on any atom is 0.110 e. The molecule has 1 aromatic heterocycles. The number of nitrogens with zero attached hydrogens (tertiary/aromatic N) is 2. The number of aromatic nitrogens is 1. The number of hydrogen-bond donors (Lipinski definition) is 0. The molecule has 0 aliphatic carbocycles. The first kappa shape index (κ1) is 13.3. The summed E-state index contributed by atoms with van der Waals surface area (Å²) >= 11 is 7.49. The van der Waals surface area contributed by atoms with Crippen LogP contribution in [0, 0.1) is 0 Å². The van der Waals surface area contributed by atoms with Crippen LogP contribution in [0.2, 0.25) is 0 Å². The van der Waals surface area contributed by atoms with Crippen molar-refractivity contribution in [1.29, 1.82) is 0 Å². The fraction of sp³-hybridized carbons (Fsp3) is 0.750. The molecule has 1 saturated heterocycles. The molecule has 1 unspecified atom stereocenters. The standard InChI is InChI=1S/C12H19ClN2OS/c1-9(12-14-10(7-13)8-17-12)15(2)11-3-5-16-6-4-11/h8-9,11H,3-7H2,1-2H3. The second-order valence-electron chi connectivity index (χ2n) is 4.50. The highest BCUT2D eigenvalue weighted by Gasteiger charge is 2.24. The molecular weight excluding hydrogens is 256 g/mol. The van der Waals surface area contributed by atoms with Gasteiger partial charge in [-0.05, 0) is 26.8 Å². The van der Waals surface area contributed by atoms with Crippen LogP contribution in [0.3, 0.4) is 0 Å². The Morgan fingerprint density at radius 2 is 2.29 bits per heavy atom. The van der Waals surface area contributed by atoms with E-state index in [9.17, 15) is 0 Å². The third-order valence-corrected chi connectivity index (χ3v) is 4.78. The smallest absolute Gasteiger partial charge is 0.110 e. The van der Waals surface area contributed by atoms with Crippen LogP contribution in [0.15, 0.2) is 5.38 Å². The fourth-order valence-electron chi connectivity index (χ4n) is 2.16. The molecule has 1 aromatic rings. The molecule has 17 heavy (non-hydrogen) atoms. The van der Waals surface area contributed by atoms with Gasteiger partial charge in [0.15, 0.2) is 0 Å². The van der Waals surface area contributed by atoms with E-state index in [1.807, 2.05) is 0 Å². The van der Waals surface area contributed by atoms with Gasteiger partial charge in [0.1, 0.15) is 5.01 Å². The van der Waals surface area contributed by atoms with Crippen LogP contribution in [0.5, 0.6) is 0 Å². The Labute approximate surface area is 112 Å². The van der Waals surface area contributed by atoms with Crippen molar-refractivity contribution in [3.63, 3.8) is 0 Å². The molecule has 0 aromatic carbocycles. The van der Waals surface area contributed by atoms with Gasteiger partial charge >= 0.3 is 0 Å². The molecule has 2 rings (SSSR count). The highest BCUT2D eigenvalue weighted by atomic mass is 35.5. The van der Waals surface area contributed by atoms with Crippen molar-refractivity contribution in [1.82, 2.24) is 9.88 Å². The monoisotopic (exact) mass is 274 g/mol. The molecule has 1 atom stereocenters. The maximum atomic E-state index is 5.79. The van der Waals surface area contributed by atoms with Crippen molar-refractivity contribution >= 4 is 22.9 Å². The molecule has 0 bridgehead atoms. The van der Waals surface area contributed by atoms with Crippen molar-refractivity contribution in [2.75, 3.05) is 20.3 Å². The van der Waals surface area contributed by atoms with Crippen LogP contribution in [-0.2, 0) is 10.6 Å². The summed E-state index contributed by atoms with van der Waals surface area (Å²) in [6, 6.07) is 0.974. The van der Waals surface area contributed by atoms with Gasteiger partial charge in [0.25, 0.3) is 0 Å². The minimum atomic E-state index is 0.361. The summed E-state index contributed by atoms with van der Waals surface area (Å²) in [4.78, 5) is 6.97. The Hall–Kier alpha value is -0.160. The summed E-state index contributed by atoms with van der Waals surface area (Å²) in [5.41, 5.74) is 0.985. The van der Waals surface area contributed by atoms with Crippen molar-refractivity contribution < 1.29 is 4.74 Å². The predicted octanol–water partition coefficient (Wildman–Crippen LogP) is 3.05. The predicted molar refractivity (Wildman–Crippen MR) is 71.7 cm³/mol. The number of alkyl halides is 1. The van der Waals surface area contributed by atoms with Crippen molar-refractivity contribution in [3.05, 3.63) is 16.1 Å². The van der Waals surface area contributed by atoms with E-state index < -0.39 is 0 Å². The highest BCUT2D eigenvalue weighted by Crippen LogP contribution is 2.27. The van der Waals surface area contributed by atoms with Gasteiger partial charge in [-0.2, -0.15) is 0 Å². The van der Waals surface area contributed by atoms with Crippen LogP contribution in [-0.4, -0.2) is 36.2 Å². The van der Waals surface area contributed by atoms with Crippen LogP contribution < -0.4 is 0 Å². The van der Waals surface area contributed by atoms with Gasteiger partial charge in [-0.1, -0.05) is 0 Å². The maximum absolute atomic E-state index is 5.79. The van der Waals surface area contributed by atoms with E-state index >= 15 is 0 Å². The van der Waals surface area contributed by atoms with Crippen LogP contribution in [0.4, 0.5) is 0 Å². The zero-order chi connectivity index (χ0) is 12.3. The zero-order valence-electron chi connectivity index (χ0n) is 10.4. The molecule has 1 aliphatic rings. The second kappa shape index (κ2) is 6.14. The van der Waals surface area contributed by atoms with E-state index in [0.29, 0.717) is 18.0 Å². The number of ether oxygens (including phenoxy) is 1. The zero-order valence-corrected chi connectivity index (χ0v) is 11.9. The number of rotatable bonds is 4. The Balaban J connectivity index is 2.00. The van der Waals surface area contributed by atoms with Gasteiger partial charge in [-0.15, -0.1) is 22.9 Å². The number of thiazole rings is 1. The molecule has 2 heterocycles. The average Bonchev–Trinajstić information content (AvgIpc) is 2.87. The lowest BCUT2D eigenvalue weighted by molar-refractivity contribution is 0.0308. The van der Waals surface area contributed by atoms with Gasteiger partial charge in [-0.25, -0.2) is 4.98 Å². The largest absolute Gasteiger partial charge is 0.381 e. The van der Waals surface area contributed by atoms with Crippen LogP contribution in [0.25, 0.3) is 0 Å². The molecule has 0 spiro atoms. The molecule has 3 nitrogen and oxygen atoms in total. The van der Waals surface area contributed by atoms with E-state index in [0.717, 1.165) is 36.8 Å². The van der Waals surface area contributed by atoms with E-state index in [1.54, 1.807) is 11.3 Å². The van der Waals surface area contributed by atoms with E-state index in [2.05, 4.69) is 29.2 Å². The minimum Gasteiger partial charge on any atom is -0.381 e. The SMILES string of the molecule is CC(c1nc(CCl)cs1)N(C)C1CCOCC1. The van der Waals surface area contributed by atoms with Gasteiger partial charge in [0.05, 0.1) is 17.6 Å². The first-order valence-electron chi connectivity index (χ1n) is 6.02. The van der Waals surface area contributed by atoms with E-state index in [4.69, 9.17) is 16.3 Å². The normalized spacial score (nSPS) is 19.8. The molecule has 0 amide bonds. The Kier molecular flexibility index (Phi) is 4.79. The van der Waals surface area contributed by atoms with E-state index in [1.165, 1.54) is 0 Å². The third kappa shape index (κ3) is 3.19. The molecule has 0 radical (unpaired) electrons. The highest BCUT2D eigenvalue weighted by molar-refractivity contribution is 7.09. The minimum absolute atomic E-state index is 0.361. The van der Waals surface area contributed by atoms with Gasteiger partial charge in [0.2, 0.25) is 0 Å². The lowest BCUT2D eigenvalue weighted by Gasteiger charge is -2.34. The fourth-order valence-corrected chi connectivity index (χ4v) is 3.31. The first-order valence-corrected chi connectivity index (χ1v) is 7.43. The van der Waals surface area contributed by atoms with Crippen LogP contribution >= 0.6 is 22.9 Å². The summed E-state index contributed by atoms with van der Waals surface area (Å²) < 4.78 is 5.40. The van der Waals surface area contributed by atoms with Gasteiger partial charge < -0.3 is 4.74 Å². The van der Waals surface area contributed by atoms with Gasteiger partial charge in [0, 0.05) is 24.6 Å². The summed E-state index contributed by atoms with van der Waals surface area (Å²) in [5.74, 6) is 0.504. The van der Waals surface area contributed by atoms with Crippen molar-refractivity contribution in [3.8, 4) is 0 Å². The van der Waals surface area contributed by atoms with Crippen LogP contribution in [0.1, 0.15) is 36.5 Å². The molecule has 1 aliphatic heterocycles. The first-order chi connectivity index (χ1) is 8.22. The molecule has 0 saturated carbocycles. The Morgan fingerprint density at radius 1 is 1.59 bits per heavy atom. The summed E-state index contributed by atoms with van der Waals surface area (Å²) in [7, 11) is 2.18.